The van der Waals surface area contributed by atoms with Crippen LogP contribution >= 0.6 is 23.1 Å². The monoisotopic (exact) mass is 393 g/mol. The first-order valence-electron chi connectivity index (χ1n) is 8.72. The van der Waals surface area contributed by atoms with Crippen molar-refractivity contribution in [2.24, 2.45) is 0 Å². The fourth-order valence-corrected chi connectivity index (χ4v) is 4.27. The lowest BCUT2D eigenvalue weighted by atomic mass is 10.1. The number of aromatic nitrogens is 2. The number of rotatable bonds is 7. The molecule has 0 saturated carbocycles. The van der Waals surface area contributed by atoms with E-state index < -0.39 is 0 Å². The summed E-state index contributed by atoms with van der Waals surface area (Å²) in [5.41, 5.74) is 4.10. The van der Waals surface area contributed by atoms with Gasteiger partial charge in [-0.05, 0) is 29.9 Å². The number of carbonyl (C=O) groups excluding carboxylic acids is 1. The summed E-state index contributed by atoms with van der Waals surface area (Å²) in [6.45, 7) is 0. The van der Waals surface area contributed by atoms with E-state index in [1.165, 1.54) is 5.56 Å². The van der Waals surface area contributed by atoms with Crippen molar-refractivity contribution >= 4 is 39.7 Å². The number of nitrogens with zero attached hydrogens (tertiary/aromatic N) is 2. The van der Waals surface area contributed by atoms with Crippen LogP contribution in [-0.2, 0) is 11.2 Å². The molecule has 27 heavy (non-hydrogen) atoms. The molecule has 0 bridgehead atoms. The fourth-order valence-electron chi connectivity index (χ4n) is 2.79. The molecule has 0 aliphatic heterocycles. The number of benzene rings is 2. The third-order valence-electron chi connectivity index (χ3n) is 4.17. The van der Waals surface area contributed by atoms with E-state index >= 15 is 0 Å². The fraction of sp³-hybridized carbons (Fsp3) is 0.143. The molecule has 136 valence electrons. The number of carbonyl (C=O) groups is 1. The molecule has 4 nitrogen and oxygen atoms in total. The Labute approximate surface area is 166 Å². The summed E-state index contributed by atoms with van der Waals surface area (Å²) in [4.78, 5) is 17.7. The SMILES string of the molecule is O=C(CSCCc1ccccc1)Nc1ccc(-c2cn3ccsc3n2)cc1. The van der Waals surface area contributed by atoms with Crippen LogP contribution in [0.3, 0.4) is 0 Å². The second-order valence-electron chi connectivity index (χ2n) is 6.13. The zero-order chi connectivity index (χ0) is 18.5. The number of imidazole rings is 1. The van der Waals surface area contributed by atoms with Gasteiger partial charge in [0.2, 0.25) is 5.91 Å². The molecule has 1 N–H and O–H groups in total. The number of anilines is 1. The maximum atomic E-state index is 12.1. The summed E-state index contributed by atoms with van der Waals surface area (Å²) in [5, 5.41) is 4.97. The number of aryl methyl sites for hydroxylation is 1. The van der Waals surface area contributed by atoms with E-state index in [1.807, 2.05) is 64.6 Å². The minimum absolute atomic E-state index is 0.0308. The third-order valence-corrected chi connectivity index (χ3v) is 5.90. The average molecular weight is 394 g/mol. The first-order chi connectivity index (χ1) is 13.3. The van der Waals surface area contributed by atoms with Gasteiger partial charge in [0.15, 0.2) is 4.96 Å². The predicted molar refractivity (Wildman–Crippen MR) is 115 cm³/mol. The first-order valence-corrected chi connectivity index (χ1v) is 10.8. The lowest BCUT2D eigenvalue weighted by Crippen LogP contribution is -2.14. The van der Waals surface area contributed by atoms with E-state index in [0.717, 1.165) is 34.1 Å². The van der Waals surface area contributed by atoms with Crippen molar-refractivity contribution in [3.05, 3.63) is 77.9 Å². The normalized spacial score (nSPS) is 11.0. The highest BCUT2D eigenvalue weighted by Crippen LogP contribution is 2.23. The van der Waals surface area contributed by atoms with Gasteiger partial charge >= 0.3 is 0 Å². The molecule has 2 aromatic heterocycles. The molecule has 0 aliphatic carbocycles. The standard InChI is InChI=1S/C21H19N3OS2/c25-20(15-26-12-10-16-4-2-1-3-5-16)22-18-8-6-17(7-9-18)19-14-24-11-13-27-21(24)23-19/h1-9,11,13-14H,10,12,15H2,(H,22,25). The van der Waals surface area contributed by atoms with Gasteiger partial charge in [-0.15, -0.1) is 11.3 Å². The molecule has 0 unspecified atom stereocenters. The van der Waals surface area contributed by atoms with E-state index in [1.54, 1.807) is 23.1 Å². The molecule has 2 aromatic carbocycles. The largest absolute Gasteiger partial charge is 0.325 e. The van der Waals surface area contributed by atoms with Gasteiger partial charge in [0.25, 0.3) is 0 Å². The van der Waals surface area contributed by atoms with Gasteiger partial charge in [-0.25, -0.2) is 4.98 Å². The molecule has 0 fully saturated rings. The van der Waals surface area contributed by atoms with Gasteiger partial charge in [0, 0.05) is 29.0 Å². The molecule has 0 atom stereocenters. The van der Waals surface area contributed by atoms with Crippen LogP contribution in [0.4, 0.5) is 5.69 Å². The third kappa shape index (κ3) is 4.59. The number of fused-ring (bicyclic) bond motifs is 1. The Morgan fingerprint density at radius 2 is 1.93 bits per heavy atom. The molecule has 0 spiro atoms. The number of hydrogen-bond acceptors (Lipinski definition) is 4. The summed E-state index contributed by atoms with van der Waals surface area (Å²) in [5.74, 6) is 1.43. The van der Waals surface area contributed by atoms with E-state index in [9.17, 15) is 4.79 Å². The zero-order valence-electron chi connectivity index (χ0n) is 14.7. The molecular weight excluding hydrogens is 374 g/mol. The number of amides is 1. The highest BCUT2D eigenvalue weighted by atomic mass is 32.2. The zero-order valence-corrected chi connectivity index (χ0v) is 16.3. The van der Waals surface area contributed by atoms with Crippen molar-refractivity contribution < 1.29 is 4.79 Å². The summed E-state index contributed by atoms with van der Waals surface area (Å²) in [6, 6.07) is 18.2. The van der Waals surface area contributed by atoms with Crippen molar-refractivity contribution in [1.29, 1.82) is 0 Å². The van der Waals surface area contributed by atoms with Crippen molar-refractivity contribution in [2.75, 3.05) is 16.8 Å². The van der Waals surface area contributed by atoms with E-state index in [2.05, 4.69) is 22.4 Å². The summed E-state index contributed by atoms with van der Waals surface area (Å²) < 4.78 is 2.02. The Kier molecular flexibility index (Phi) is 5.55. The maximum absolute atomic E-state index is 12.1. The van der Waals surface area contributed by atoms with Crippen molar-refractivity contribution in [3.8, 4) is 11.3 Å². The maximum Gasteiger partial charge on any atom is 0.234 e. The first kappa shape index (κ1) is 17.8. The predicted octanol–water partition coefficient (Wildman–Crippen LogP) is 4.98. The number of hydrogen-bond donors (Lipinski definition) is 1. The molecule has 0 radical (unpaired) electrons. The Balaban J connectivity index is 1.26. The second kappa shape index (κ2) is 8.41. The van der Waals surface area contributed by atoms with Gasteiger partial charge in [-0.3, -0.25) is 9.20 Å². The van der Waals surface area contributed by atoms with Gasteiger partial charge in [-0.1, -0.05) is 42.5 Å². The Morgan fingerprint density at radius 1 is 1.11 bits per heavy atom. The van der Waals surface area contributed by atoms with E-state index in [4.69, 9.17) is 0 Å². The average Bonchev–Trinajstić information content (AvgIpc) is 3.29. The Bertz CT molecular complexity index is 994. The highest BCUT2D eigenvalue weighted by molar-refractivity contribution is 7.99. The molecule has 2 heterocycles. The summed E-state index contributed by atoms with van der Waals surface area (Å²) in [6.07, 6.45) is 5.00. The van der Waals surface area contributed by atoms with Gasteiger partial charge in [-0.2, -0.15) is 11.8 Å². The van der Waals surface area contributed by atoms with Crippen LogP contribution in [0, 0.1) is 0 Å². The number of thioether (sulfide) groups is 1. The van der Waals surface area contributed by atoms with Crippen molar-refractivity contribution in [2.45, 2.75) is 6.42 Å². The number of thiazole rings is 1. The van der Waals surface area contributed by atoms with Crippen LogP contribution < -0.4 is 5.32 Å². The summed E-state index contributed by atoms with van der Waals surface area (Å²) in [7, 11) is 0. The Hall–Kier alpha value is -2.57. The van der Waals surface area contributed by atoms with Gasteiger partial charge < -0.3 is 5.32 Å². The molecule has 0 aliphatic rings. The molecular formula is C21H19N3OS2. The van der Waals surface area contributed by atoms with Gasteiger partial charge in [0.1, 0.15) is 0 Å². The second-order valence-corrected chi connectivity index (χ2v) is 8.11. The van der Waals surface area contributed by atoms with E-state index in [0.29, 0.717) is 5.75 Å². The van der Waals surface area contributed by atoms with Crippen LogP contribution in [0.25, 0.3) is 16.2 Å². The van der Waals surface area contributed by atoms with Crippen LogP contribution in [-0.4, -0.2) is 26.8 Å². The van der Waals surface area contributed by atoms with Gasteiger partial charge in [0.05, 0.1) is 11.4 Å². The lowest BCUT2D eigenvalue weighted by Gasteiger charge is -2.06. The Morgan fingerprint density at radius 3 is 2.70 bits per heavy atom. The smallest absolute Gasteiger partial charge is 0.234 e. The molecule has 1 amide bonds. The van der Waals surface area contributed by atoms with Crippen LogP contribution in [0.2, 0.25) is 0 Å². The molecule has 4 rings (SSSR count). The molecule has 0 saturated heterocycles. The van der Waals surface area contributed by atoms with Crippen LogP contribution in [0.15, 0.2) is 72.4 Å². The number of nitrogens with one attached hydrogen (secondary N) is 1. The topological polar surface area (TPSA) is 46.4 Å². The van der Waals surface area contributed by atoms with Crippen molar-refractivity contribution in [3.63, 3.8) is 0 Å². The minimum atomic E-state index is 0.0308. The quantitative estimate of drug-likeness (QED) is 0.451. The summed E-state index contributed by atoms with van der Waals surface area (Å²) >= 11 is 3.27. The highest BCUT2D eigenvalue weighted by Gasteiger charge is 2.07. The van der Waals surface area contributed by atoms with Crippen molar-refractivity contribution in [1.82, 2.24) is 9.38 Å². The molecule has 6 heteroatoms. The lowest BCUT2D eigenvalue weighted by molar-refractivity contribution is -0.113. The molecule has 4 aromatic rings. The minimum Gasteiger partial charge on any atom is -0.325 e. The van der Waals surface area contributed by atoms with Crippen LogP contribution in [0.1, 0.15) is 5.56 Å². The van der Waals surface area contributed by atoms with Crippen LogP contribution in [0.5, 0.6) is 0 Å². The van der Waals surface area contributed by atoms with E-state index in [-0.39, 0.29) is 5.91 Å².